The van der Waals surface area contributed by atoms with Crippen LogP contribution in [0.25, 0.3) is 0 Å². The van der Waals surface area contributed by atoms with E-state index < -0.39 is 0 Å². The summed E-state index contributed by atoms with van der Waals surface area (Å²) in [5, 5.41) is 0. The summed E-state index contributed by atoms with van der Waals surface area (Å²) in [4.78, 5) is 13.3. The van der Waals surface area contributed by atoms with E-state index in [-0.39, 0.29) is 0 Å². The van der Waals surface area contributed by atoms with Gasteiger partial charge in [0.05, 0.1) is 14.2 Å². The molecule has 1 aromatic rings. The molecule has 1 saturated heterocycles. The third kappa shape index (κ3) is 2.77. The zero-order chi connectivity index (χ0) is 13.1. The monoisotopic (exact) mass is 364 g/mol. The molecule has 1 aromatic heterocycles. The highest BCUT2D eigenvalue weighted by atomic mass is 127. The molecule has 100 valence electrons. The largest absolute Gasteiger partial charge is 0.480 e. The van der Waals surface area contributed by atoms with Crippen LogP contribution < -0.4 is 14.4 Å². The molecule has 0 bridgehead atoms. The zero-order valence-corrected chi connectivity index (χ0v) is 13.0. The fraction of sp³-hybridized carbons (Fsp3) is 0.636. The lowest BCUT2D eigenvalue weighted by atomic mass is 10.3. The molecule has 1 fully saturated rings. The van der Waals surface area contributed by atoms with E-state index in [1.807, 2.05) is 0 Å². The zero-order valence-electron chi connectivity index (χ0n) is 10.8. The highest BCUT2D eigenvalue weighted by molar-refractivity contribution is 14.1. The molecule has 0 unspecified atom stereocenters. The first-order chi connectivity index (χ1) is 8.65. The van der Waals surface area contributed by atoms with Crippen LogP contribution in [-0.2, 0) is 0 Å². The van der Waals surface area contributed by atoms with Gasteiger partial charge in [0.25, 0.3) is 0 Å². The van der Waals surface area contributed by atoms with Crippen molar-refractivity contribution in [1.29, 1.82) is 0 Å². The van der Waals surface area contributed by atoms with Gasteiger partial charge in [-0.2, -0.15) is 9.97 Å². The van der Waals surface area contributed by atoms with Gasteiger partial charge in [-0.15, -0.1) is 0 Å². The van der Waals surface area contributed by atoms with Crippen LogP contribution in [0.3, 0.4) is 0 Å². The summed E-state index contributed by atoms with van der Waals surface area (Å²) in [5.41, 5.74) is 0. The van der Waals surface area contributed by atoms with Crippen molar-refractivity contribution >= 4 is 28.5 Å². The van der Waals surface area contributed by atoms with Crippen LogP contribution in [0.2, 0.25) is 0 Å². The number of nitrogens with zero attached hydrogens (tertiary/aromatic N) is 4. The van der Waals surface area contributed by atoms with E-state index >= 15 is 0 Å². The molecular weight excluding hydrogens is 347 g/mol. The van der Waals surface area contributed by atoms with Crippen LogP contribution in [0.1, 0.15) is 0 Å². The lowest BCUT2D eigenvalue weighted by Crippen LogP contribution is -2.45. The van der Waals surface area contributed by atoms with Crippen molar-refractivity contribution in [1.82, 2.24) is 14.9 Å². The summed E-state index contributed by atoms with van der Waals surface area (Å²) in [5.74, 6) is 1.81. The summed E-state index contributed by atoms with van der Waals surface area (Å²) in [6.07, 6.45) is 0. The van der Waals surface area contributed by atoms with Gasteiger partial charge in [-0.25, -0.2) is 0 Å². The number of ether oxygens (including phenoxy) is 2. The van der Waals surface area contributed by atoms with Crippen molar-refractivity contribution < 1.29 is 9.47 Å². The normalized spacial score (nSPS) is 16.8. The Morgan fingerprint density at radius 1 is 1.00 bits per heavy atom. The maximum Gasteiger partial charge on any atom is 0.235 e. The minimum Gasteiger partial charge on any atom is -0.480 e. The minimum absolute atomic E-state index is 0.566. The number of hydrogen-bond acceptors (Lipinski definition) is 6. The minimum atomic E-state index is 0.566. The first-order valence-electron chi connectivity index (χ1n) is 5.74. The summed E-state index contributed by atoms with van der Waals surface area (Å²) >= 11 is 2.13. The van der Waals surface area contributed by atoms with Crippen molar-refractivity contribution in [2.75, 3.05) is 52.3 Å². The van der Waals surface area contributed by atoms with Crippen molar-refractivity contribution in [2.24, 2.45) is 0 Å². The molecule has 6 nitrogen and oxygen atoms in total. The molecular formula is C11H17IN4O2. The number of aromatic nitrogens is 2. The van der Waals surface area contributed by atoms with E-state index in [0.29, 0.717) is 17.7 Å². The molecule has 0 aromatic carbocycles. The molecule has 0 N–H and O–H groups in total. The van der Waals surface area contributed by atoms with Gasteiger partial charge < -0.3 is 19.3 Å². The van der Waals surface area contributed by atoms with Crippen LogP contribution in [-0.4, -0.2) is 62.3 Å². The fourth-order valence-electron chi connectivity index (χ4n) is 1.81. The van der Waals surface area contributed by atoms with E-state index in [0.717, 1.165) is 29.7 Å². The maximum absolute atomic E-state index is 5.26. The molecule has 0 saturated carbocycles. The molecule has 0 aliphatic carbocycles. The summed E-state index contributed by atoms with van der Waals surface area (Å²) in [7, 11) is 5.34. The average Bonchev–Trinajstić information content (AvgIpc) is 2.40. The quantitative estimate of drug-likeness (QED) is 0.742. The third-order valence-corrected chi connectivity index (χ3v) is 3.87. The third-order valence-electron chi connectivity index (χ3n) is 2.95. The van der Waals surface area contributed by atoms with E-state index in [9.17, 15) is 0 Å². The van der Waals surface area contributed by atoms with E-state index in [1.54, 1.807) is 14.2 Å². The highest BCUT2D eigenvalue weighted by Gasteiger charge is 2.20. The topological polar surface area (TPSA) is 50.7 Å². The van der Waals surface area contributed by atoms with Gasteiger partial charge >= 0.3 is 0 Å². The molecule has 0 spiro atoms. The Kier molecular flexibility index (Phi) is 4.44. The van der Waals surface area contributed by atoms with Gasteiger partial charge in [-0.3, -0.25) is 0 Å². The number of piperazine rings is 1. The van der Waals surface area contributed by atoms with Crippen LogP contribution >= 0.6 is 22.6 Å². The molecule has 0 atom stereocenters. The van der Waals surface area contributed by atoms with Crippen molar-refractivity contribution in [3.8, 4) is 11.8 Å². The standard InChI is InChI=1S/C11H17IN4O2/c1-15-4-6-16(7-5-15)11-13-9(17-2)8(12)10(14-11)18-3/h4-7H2,1-3H3. The van der Waals surface area contributed by atoms with Crippen molar-refractivity contribution in [2.45, 2.75) is 0 Å². The summed E-state index contributed by atoms with van der Waals surface area (Å²) in [6.45, 7) is 3.87. The molecule has 0 radical (unpaired) electrons. The second-order valence-corrected chi connectivity index (χ2v) is 5.23. The number of methoxy groups -OCH3 is 2. The Labute approximate surface area is 120 Å². The van der Waals surface area contributed by atoms with Gasteiger partial charge in [0.1, 0.15) is 3.57 Å². The number of halogens is 1. The Balaban J connectivity index is 2.27. The molecule has 7 heteroatoms. The lowest BCUT2D eigenvalue weighted by Gasteiger charge is -2.32. The summed E-state index contributed by atoms with van der Waals surface area (Å²) < 4.78 is 11.3. The number of hydrogen-bond donors (Lipinski definition) is 0. The van der Waals surface area contributed by atoms with Gasteiger partial charge in [-0.05, 0) is 29.6 Å². The van der Waals surface area contributed by atoms with Gasteiger partial charge in [0.2, 0.25) is 17.7 Å². The number of likely N-dealkylation sites (N-methyl/N-ethyl adjacent to an activating group) is 1. The lowest BCUT2D eigenvalue weighted by molar-refractivity contribution is 0.309. The van der Waals surface area contributed by atoms with E-state index in [1.165, 1.54) is 0 Å². The SMILES string of the molecule is COc1nc(N2CCN(C)CC2)nc(OC)c1I. The van der Waals surface area contributed by atoms with Gasteiger partial charge in [0.15, 0.2) is 0 Å². The molecule has 2 rings (SSSR count). The van der Waals surface area contributed by atoms with E-state index in [2.05, 4.69) is 49.4 Å². The Hall–Kier alpha value is -0.830. The molecule has 2 heterocycles. The Morgan fingerprint density at radius 2 is 1.50 bits per heavy atom. The van der Waals surface area contributed by atoms with Crippen molar-refractivity contribution in [3.05, 3.63) is 3.57 Å². The summed E-state index contributed by atoms with van der Waals surface area (Å²) in [6, 6.07) is 0. The first kappa shape index (κ1) is 13.6. The molecule has 1 aliphatic rings. The smallest absolute Gasteiger partial charge is 0.235 e. The van der Waals surface area contributed by atoms with Gasteiger partial charge in [-0.1, -0.05) is 0 Å². The Bertz CT molecular complexity index is 396. The van der Waals surface area contributed by atoms with Crippen LogP contribution in [0, 0.1) is 3.57 Å². The van der Waals surface area contributed by atoms with Crippen LogP contribution in [0.5, 0.6) is 11.8 Å². The predicted octanol–water partition coefficient (Wildman–Crippen LogP) is 0.850. The van der Waals surface area contributed by atoms with Gasteiger partial charge in [0, 0.05) is 26.2 Å². The second-order valence-electron chi connectivity index (χ2n) is 4.15. The van der Waals surface area contributed by atoms with Crippen LogP contribution in [0.15, 0.2) is 0 Å². The molecule has 18 heavy (non-hydrogen) atoms. The van der Waals surface area contributed by atoms with E-state index in [4.69, 9.17) is 9.47 Å². The second kappa shape index (κ2) is 5.87. The number of rotatable bonds is 3. The maximum atomic E-state index is 5.26. The Morgan fingerprint density at radius 3 is 1.94 bits per heavy atom. The first-order valence-corrected chi connectivity index (χ1v) is 6.82. The molecule has 1 aliphatic heterocycles. The van der Waals surface area contributed by atoms with Crippen LogP contribution in [0.4, 0.5) is 5.95 Å². The fourth-order valence-corrected chi connectivity index (χ4v) is 2.50. The molecule has 0 amide bonds. The highest BCUT2D eigenvalue weighted by Crippen LogP contribution is 2.29. The predicted molar refractivity (Wildman–Crippen MR) is 77.6 cm³/mol. The van der Waals surface area contributed by atoms with Crippen molar-refractivity contribution in [3.63, 3.8) is 0 Å². The average molecular weight is 364 g/mol. The number of anilines is 1.